The van der Waals surface area contributed by atoms with Crippen LogP contribution in [-0.4, -0.2) is 47.4 Å². The Hall–Kier alpha value is -2.18. The molecule has 0 rings (SSSR count). The minimum absolute atomic E-state index is 0.00596. The number of esters is 1. The normalized spacial score (nSPS) is 12.8. The lowest BCUT2D eigenvalue weighted by Crippen LogP contribution is -2.45. The van der Waals surface area contributed by atoms with Crippen molar-refractivity contribution >= 4 is 11.9 Å². The first kappa shape index (κ1) is 77.8. The largest absolute Gasteiger partial charge is 0.466 e. The van der Waals surface area contributed by atoms with E-state index in [1.807, 2.05) is 6.08 Å². The summed E-state index contributed by atoms with van der Waals surface area (Å²) in [4.78, 5) is 24.6. The third kappa shape index (κ3) is 65.0. The van der Waals surface area contributed by atoms with E-state index in [4.69, 9.17) is 4.74 Å². The standard InChI is InChI=1S/C74H139NO5/c1-3-5-7-9-11-13-15-17-19-21-23-31-34-38-42-46-50-54-58-62-66-72(77)71(70-76)75-73(78)67-63-59-55-51-47-43-39-35-32-29-27-25-24-26-28-30-33-37-41-45-49-53-57-61-65-69-80-74(79)68-64-60-56-52-48-44-40-36-22-20-18-16-14-12-10-8-6-4-2/h14,16,20,22,25,27,62,66,71-72,76-77H,3-13,15,17-19,21,23-24,26,28-61,63-65,67-70H2,1-2H3,(H,75,78)/b16-14-,22-20-,27-25-,66-62+. The van der Waals surface area contributed by atoms with Gasteiger partial charge in [-0.1, -0.05) is 332 Å². The number of allylic oxidation sites excluding steroid dienone is 7. The molecule has 0 aromatic carbocycles. The number of carbonyl (C=O) groups is 2. The van der Waals surface area contributed by atoms with Crippen LogP contribution in [0, 0.1) is 0 Å². The van der Waals surface area contributed by atoms with Crippen molar-refractivity contribution in [2.75, 3.05) is 13.2 Å². The number of unbranched alkanes of at least 4 members (excludes halogenated alkanes) is 50. The molecule has 0 saturated carbocycles. The van der Waals surface area contributed by atoms with E-state index in [9.17, 15) is 19.8 Å². The minimum atomic E-state index is -0.848. The number of aliphatic hydroxyl groups excluding tert-OH is 2. The molecule has 80 heavy (non-hydrogen) atoms. The molecule has 0 aliphatic rings. The summed E-state index contributed by atoms with van der Waals surface area (Å²) < 4.78 is 5.50. The Balaban J connectivity index is 3.42. The highest BCUT2D eigenvalue weighted by atomic mass is 16.5. The average Bonchev–Trinajstić information content (AvgIpc) is 3.46. The summed E-state index contributed by atoms with van der Waals surface area (Å²) in [5.74, 6) is -0.0622. The van der Waals surface area contributed by atoms with E-state index in [-0.39, 0.29) is 18.5 Å². The molecular formula is C74H139NO5. The Morgan fingerprint density at radius 3 is 0.975 bits per heavy atom. The maximum absolute atomic E-state index is 12.5. The molecule has 0 aromatic rings. The summed E-state index contributed by atoms with van der Waals surface area (Å²) in [5.41, 5.74) is 0. The Kier molecular flexibility index (Phi) is 67.4. The molecule has 2 unspecified atom stereocenters. The van der Waals surface area contributed by atoms with E-state index in [2.05, 4.69) is 55.6 Å². The second kappa shape index (κ2) is 69.3. The summed E-state index contributed by atoms with van der Waals surface area (Å²) >= 11 is 0. The zero-order valence-corrected chi connectivity index (χ0v) is 53.8. The SMILES string of the molecule is CCCCCC/C=C\C/C=C\CCCCCCCCCC(=O)OCCCCCCCCCCCCCC/C=C\CCCCCCCCCCCC(=O)NC(CO)C(O)/C=C/CCCCCCCCCCCCCCCCCCCC. The number of carbonyl (C=O) groups excluding carboxylic acids is 2. The third-order valence-electron chi connectivity index (χ3n) is 16.6. The smallest absolute Gasteiger partial charge is 0.305 e. The first-order chi connectivity index (χ1) is 39.5. The van der Waals surface area contributed by atoms with Gasteiger partial charge < -0.3 is 20.3 Å². The van der Waals surface area contributed by atoms with Crippen LogP contribution in [0.2, 0.25) is 0 Å². The fourth-order valence-electron chi connectivity index (χ4n) is 11.1. The first-order valence-electron chi connectivity index (χ1n) is 35.9. The summed E-state index contributed by atoms with van der Waals surface area (Å²) in [6, 6.07) is -0.632. The van der Waals surface area contributed by atoms with Gasteiger partial charge in [-0.15, -0.1) is 0 Å². The zero-order chi connectivity index (χ0) is 57.8. The van der Waals surface area contributed by atoms with Crippen LogP contribution in [0.15, 0.2) is 48.6 Å². The van der Waals surface area contributed by atoms with Crippen molar-refractivity contribution in [3.8, 4) is 0 Å². The van der Waals surface area contributed by atoms with E-state index in [0.717, 1.165) is 51.4 Å². The summed E-state index contributed by atoms with van der Waals surface area (Å²) in [5, 5.41) is 23.2. The number of ether oxygens (including phenoxy) is 1. The van der Waals surface area contributed by atoms with Crippen molar-refractivity contribution in [2.45, 2.75) is 398 Å². The van der Waals surface area contributed by atoms with Gasteiger partial charge in [0.05, 0.1) is 25.4 Å². The first-order valence-corrected chi connectivity index (χ1v) is 35.9. The number of nitrogens with one attached hydrogen (secondary N) is 1. The van der Waals surface area contributed by atoms with Crippen LogP contribution in [-0.2, 0) is 14.3 Å². The van der Waals surface area contributed by atoms with Crippen molar-refractivity contribution in [1.82, 2.24) is 5.32 Å². The molecule has 0 heterocycles. The molecule has 2 atom stereocenters. The van der Waals surface area contributed by atoms with Gasteiger partial charge >= 0.3 is 5.97 Å². The second-order valence-electron chi connectivity index (χ2n) is 24.6. The summed E-state index contributed by atoms with van der Waals surface area (Å²) in [6.45, 7) is 4.91. The molecule has 1 amide bonds. The molecule has 0 fully saturated rings. The fraction of sp³-hybridized carbons (Fsp3) is 0.865. The van der Waals surface area contributed by atoms with Crippen LogP contribution in [0.5, 0.6) is 0 Å². The van der Waals surface area contributed by atoms with Gasteiger partial charge in [0, 0.05) is 12.8 Å². The fourth-order valence-corrected chi connectivity index (χ4v) is 11.1. The predicted molar refractivity (Wildman–Crippen MR) is 352 cm³/mol. The number of amides is 1. The van der Waals surface area contributed by atoms with Gasteiger partial charge in [-0.3, -0.25) is 9.59 Å². The Morgan fingerprint density at radius 2 is 0.625 bits per heavy atom. The highest BCUT2D eigenvalue weighted by Crippen LogP contribution is 2.18. The lowest BCUT2D eigenvalue weighted by atomic mass is 10.0. The molecular weight excluding hydrogens is 983 g/mol. The van der Waals surface area contributed by atoms with Gasteiger partial charge in [0.25, 0.3) is 0 Å². The van der Waals surface area contributed by atoms with Crippen LogP contribution >= 0.6 is 0 Å². The monoisotopic (exact) mass is 1120 g/mol. The van der Waals surface area contributed by atoms with Crippen molar-refractivity contribution < 1.29 is 24.5 Å². The van der Waals surface area contributed by atoms with E-state index < -0.39 is 12.1 Å². The van der Waals surface area contributed by atoms with Gasteiger partial charge in [-0.2, -0.15) is 0 Å². The van der Waals surface area contributed by atoms with E-state index >= 15 is 0 Å². The van der Waals surface area contributed by atoms with Crippen molar-refractivity contribution in [1.29, 1.82) is 0 Å². The molecule has 0 radical (unpaired) electrons. The van der Waals surface area contributed by atoms with Gasteiger partial charge in [0.15, 0.2) is 0 Å². The molecule has 0 aliphatic heterocycles. The summed E-state index contributed by atoms with van der Waals surface area (Å²) in [7, 11) is 0. The molecule has 0 spiro atoms. The van der Waals surface area contributed by atoms with Crippen LogP contribution in [0.4, 0.5) is 0 Å². The number of hydrogen-bond acceptors (Lipinski definition) is 5. The number of rotatable bonds is 67. The van der Waals surface area contributed by atoms with Crippen molar-refractivity contribution in [2.24, 2.45) is 0 Å². The Labute approximate surface area is 499 Å². The van der Waals surface area contributed by atoms with Gasteiger partial charge in [-0.05, 0) is 89.9 Å². The molecule has 3 N–H and O–H groups in total. The summed E-state index contributed by atoms with van der Waals surface area (Å²) in [6.07, 6.45) is 90.4. The number of hydrogen-bond donors (Lipinski definition) is 3. The Morgan fingerprint density at radius 1 is 0.350 bits per heavy atom. The van der Waals surface area contributed by atoms with Crippen molar-refractivity contribution in [3.05, 3.63) is 48.6 Å². The molecule has 470 valence electrons. The number of aliphatic hydroxyl groups is 2. The van der Waals surface area contributed by atoms with Crippen LogP contribution in [0.25, 0.3) is 0 Å². The lowest BCUT2D eigenvalue weighted by Gasteiger charge is -2.20. The molecule has 0 aromatic heterocycles. The molecule has 0 saturated heterocycles. The van der Waals surface area contributed by atoms with Gasteiger partial charge in [0.1, 0.15) is 0 Å². The lowest BCUT2D eigenvalue weighted by molar-refractivity contribution is -0.143. The highest BCUT2D eigenvalue weighted by molar-refractivity contribution is 5.76. The minimum Gasteiger partial charge on any atom is -0.466 e. The van der Waals surface area contributed by atoms with E-state index in [1.165, 1.54) is 308 Å². The van der Waals surface area contributed by atoms with Crippen LogP contribution in [0.3, 0.4) is 0 Å². The third-order valence-corrected chi connectivity index (χ3v) is 16.6. The second-order valence-corrected chi connectivity index (χ2v) is 24.6. The average molecular weight is 1120 g/mol. The molecule has 6 nitrogen and oxygen atoms in total. The van der Waals surface area contributed by atoms with Crippen molar-refractivity contribution in [3.63, 3.8) is 0 Å². The topological polar surface area (TPSA) is 95.9 Å². The Bertz CT molecular complexity index is 1340. The van der Waals surface area contributed by atoms with Gasteiger partial charge in [0.2, 0.25) is 5.91 Å². The van der Waals surface area contributed by atoms with E-state index in [1.54, 1.807) is 6.08 Å². The maximum atomic E-state index is 12.5. The molecule has 0 aliphatic carbocycles. The molecule has 6 heteroatoms. The molecule has 0 bridgehead atoms. The quantitative estimate of drug-likeness (QED) is 0.0320. The predicted octanol–water partition coefficient (Wildman–Crippen LogP) is 23.3. The van der Waals surface area contributed by atoms with Crippen LogP contribution in [0.1, 0.15) is 386 Å². The van der Waals surface area contributed by atoms with Crippen LogP contribution < -0.4 is 5.32 Å². The maximum Gasteiger partial charge on any atom is 0.305 e. The van der Waals surface area contributed by atoms with Gasteiger partial charge in [-0.25, -0.2) is 0 Å². The zero-order valence-electron chi connectivity index (χ0n) is 53.8. The van der Waals surface area contributed by atoms with E-state index in [0.29, 0.717) is 19.4 Å². The highest BCUT2D eigenvalue weighted by Gasteiger charge is 2.18.